The zero-order valence-corrected chi connectivity index (χ0v) is 16.7. The number of carbonyl (C=O) groups excluding carboxylic acids is 1. The Labute approximate surface area is 166 Å². The van der Waals surface area contributed by atoms with E-state index in [4.69, 9.17) is 4.84 Å². The van der Waals surface area contributed by atoms with Gasteiger partial charge in [-0.2, -0.15) is 0 Å². The molecule has 1 aromatic carbocycles. The van der Waals surface area contributed by atoms with Crippen LogP contribution in [0.5, 0.6) is 0 Å². The second-order valence-corrected chi connectivity index (χ2v) is 8.81. The van der Waals surface area contributed by atoms with Crippen LogP contribution in [0.25, 0.3) is 10.4 Å². The zero-order valence-electron chi connectivity index (χ0n) is 15.1. The van der Waals surface area contributed by atoms with Crippen molar-refractivity contribution in [2.45, 2.75) is 24.0 Å². The molecule has 1 N–H and O–H groups in total. The van der Waals surface area contributed by atoms with Crippen LogP contribution in [0.1, 0.15) is 29.6 Å². The number of fused-ring (bicyclic) bond motifs is 1. The van der Waals surface area contributed by atoms with Crippen LogP contribution in [0.15, 0.2) is 53.7 Å². The van der Waals surface area contributed by atoms with Crippen LogP contribution in [-0.4, -0.2) is 33.7 Å². The van der Waals surface area contributed by atoms with Crippen molar-refractivity contribution in [2.75, 3.05) is 19.6 Å². The van der Waals surface area contributed by atoms with Crippen molar-refractivity contribution in [1.29, 1.82) is 0 Å². The van der Waals surface area contributed by atoms with Crippen LogP contribution in [0.4, 0.5) is 5.13 Å². The Hall–Kier alpha value is -2.13. The van der Waals surface area contributed by atoms with Crippen molar-refractivity contribution < 1.29 is 9.63 Å². The number of benzene rings is 1. The molecule has 0 bridgehead atoms. The summed E-state index contributed by atoms with van der Waals surface area (Å²) in [4.78, 5) is 24.4. The molecule has 1 atom stereocenters. The van der Waals surface area contributed by atoms with Crippen molar-refractivity contribution in [1.82, 2.24) is 13.9 Å². The number of nitrogens with one attached hydrogen (secondary N) is 1. The minimum absolute atomic E-state index is 0.160. The molecule has 6 nitrogen and oxygen atoms in total. The number of anilines is 1. The molecular weight excluding hydrogens is 380 g/mol. The van der Waals surface area contributed by atoms with E-state index >= 15 is 0 Å². The Bertz CT molecular complexity index is 933. The Morgan fingerprint density at radius 1 is 1.30 bits per heavy atom. The molecule has 0 radical (unpaired) electrons. The Kier molecular flexibility index (Phi) is 5.31. The standard InChI is InChI=1S/C19H20N4O2S2/c1-22(2)27-14-7-5-13(6-8-14)17-12-20-19(26-17)21-25-18-10-9-16(24)15-4-3-11-23(15)18/h3-8,11-12,18H,9-10H2,1-2H3,(H,20,21). The Balaban J connectivity index is 1.40. The second kappa shape index (κ2) is 7.85. The fourth-order valence-corrected chi connectivity index (χ4v) is 4.43. The number of hydrogen-bond acceptors (Lipinski definition) is 7. The first-order valence-corrected chi connectivity index (χ1v) is 10.2. The maximum Gasteiger partial charge on any atom is 0.207 e. The number of aromatic nitrogens is 2. The number of rotatable bonds is 6. The highest BCUT2D eigenvalue weighted by Crippen LogP contribution is 2.32. The lowest BCUT2D eigenvalue weighted by Gasteiger charge is -2.24. The number of thiazole rings is 1. The van der Waals surface area contributed by atoms with E-state index in [1.54, 1.807) is 11.9 Å². The Morgan fingerprint density at radius 3 is 2.89 bits per heavy atom. The molecule has 27 heavy (non-hydrogen) atoms. The summed E-state index contributed by atoms with van der Waals surface area (Å²) in [6.45, 7) is 0. The van der Waals surface area contributed by atoms with Gasteiger partial charge in [-0.05, 0) is 55.9 Å². The van der Waals surface area contributed by atoms with Gasteiger partial charge < -0.3 is 4.57 Å². The van der Waals surface area contributed by atoms with E-state index < -0.39 is 0 Å². The predicted octanol–water partition coefficient (Wildman–Crippen LogP) is 4.70. The third-order valence-corrected chi connectivity index (χ3v) is 6.00. The van der Waals surface area contributed by atoms with E-state index in [1.807, 2.05) is 43.2 Å². The fourth-order valence-electron chi connectivity index (χ4n) is 2.98. The maximum atomic E-state index is 11.9. The van der Waals surface area contributed by atoms with Gasteiger partial charge >= 0.3 is 0 Å². The number of hydrogen-bond donors (Lipinski definition) is 1. The van der Waals surface area contributed by atoms with Gasteiger partial charge in [-0.25, -0.2) is 15.3 Å². The first-order valence-electron chi connectivity index (χ1n) is 8.63. The van der Waals surface area contributed by atoms with Crippen LogP contribution in [0.3, 0.4) is 0 Å². The van der Waals surface area contributed by atoms with E-state index in [0.717, 1.165) is 10.4 Å². The van der Waals surface area contributed by atoms with Crippen molar-refractivity contribution in [2.24, 2.45) is 0 Å². The van der Waals surface area contributed by atoms with E-state index in [0.29, 0.717) is 23.7 Å². The van der Waals surface area contributed by atoms with Crippen LogP contribution in [-0.2, 0) is 4.84 Å². The van der Waals surface area contributed by atoms with Crippen molar-refractivity contribution in [3.8, 4) is 10.4 Å². The molecule has 1 unspecified atom stereocenters. The van der Waals surface area contributed by atoms with Gasteiger partial charge in [-0.15, -0.1) is 0 Å². The number of ketones is 1. The highest BCUT2D eigenvalue weighted by molar-refractivity contribution is 7.97. The van der Waals surface area contributed by atoms with Gasteiger partial charge in [0.25, 0.3) is 0 Å². The molecule has 2 aromatic heterocycles. The molecule has 1 aliphatic heterocycles. The average molecular weight is 401 g/mol. The monoisotopic (exact) mass is 400 g/mol. The molecule has 0 saturated carbocycles. The van der Waals surface area contributed by atoms with Crippen molar-refractivity contribution in [3.05, 3.63) is 54.5 Å². The summed E-state index contributed by atoms with van der Waals surface area (Å²) < 4.78 is 3.94. The van der Waals surface area contributed by atoms with Crippen molar-refractivity contribution in [3.63, 3.8) is 0 Å². The summed E-state index contributed by atoms with van der Waals surface area (Å²) in [5, 5.41) is 0.697. The highest BCUT2D eigenvalue weighted by Gasteiger charge is 2.25. The number of Topliss-reactive ketones (excluding diaryl/α,β-unsaturated/α-hetero) is 1. The normalized spacial score (nSPS) is 16.6. The summed E-state index contributed by atoms with van der Waals surface area (Å²) in [7, 11) is 4.05. The second-order valence-electron chi connectivity index (χ2n) is 6.39. The van der Waals surface area contributed by atoms with E-state index in [2.05, 4.69) is 39.0 Å². The highest BCUT2D eigenvalue weighted by atomic mass is 32.2. The topological polar surface area (TPSA) is 59.4 Å². The summed E-state index contributed by atoms with van der Waals surface area (Å²) >= 11 is 3.23. The summed E-state index contributed by atoms with van der Waals surface area (Å²) in [6, 6.07) is 12.1. The lowest BCUT2D eigenvalue weighted by molar-refractivity contribution is 0.0234. The van der Waals surface area contributed by atoms with Crippen LogP contribution < -0.4 is 5.48 Å². The van der Waals surface area contributed by atoms with Gasteiger partial charge in [-0.3, -0.25) is 9.10 Å². The SMILES string of the molecule is CN(C)Sc1ccc(-c2cnc(NOC3CCC(=O)c4cccn43)s2)cc1. The third kappa shape index (κ3) is 4.08. The van der Waals surface area contributed by atoms with Gasteiger partial charge in [-0.1, -0.05) is 23.5 Å². The molecule has 1 aliphatic rings. The third-order valence-electron chi connectivity index (χ3n) is 4.21. The largest absolute Gasteiger partial charge is 0.316 e. The number of nitrogens with zero attached hydrogens (tertiary/aromatic N) is 3. The van der Waals surface area contributed by atoms with Gasteiger partial charge in [0, 0.05) is 30.1 Å². The average Bonchev–Trinajstić information content (AvgIpc) is 3.31. The van der Waals surface area contributed by atoms with Crippen LogP contribution in [0, 0.1) is 0 Å². The lowest BCUT2D eigenvalue weighted by Crippen LogP contribution is -2.25. The molecule has 3 aromatic rings. The van der Waals surface area contributed by atoms with Gasteiger partial charge in [0.2, 0.25) is 5.13 Å². The molecule has 3 heterocycles. The molecule has 140 valence electrons. The molecular formula is C19H20N4O2S2. The Morgan fingerprint density at radius 2 is 2.11 bits per heavy atom. The summed E-state index contributed by atoms with van der Waals surface area (Å²) in [6.07, 6.45) is 4.66. The molecule has 0 fully saturated rings. The smallest absolute Gasteiger partial charge is 0.207 e. The molecule has 0 saturated heterocycles. The molecule has 4 rings (SSSR count). The summed E-state index contributed by atoms with van der Waals surface area (Å²) in [5.74, 6) is 0.160. The molecule has 0 aliphatic carbocycles. The zero-order chi connectivity index (χ0) is 18.8. The minimum atomic E-state index is -0.206. The van der Waals surface area contributed by atoms with E-state index in [-0.39, 0.29) is 12.0 Å². The van der Waals surface area contributed by atoms with Crippen molar-refractivity contribution >= 4 is 34.2 Å². The van der Waals surface area contributed by atoms with Gasteiger partial charge in [0.05, 0.1) is 10.6 Å². The van der Waals surface area contributed by atoms with Crippen LogP contribution >= 0.6 is 23.3 Å². The van der Waals surface area contributed by atoms with Gasteiger partial charge in [0.15, 0.2) is 12.0 Å². The number of carbonyl (C=O) groups is 1. The summed E-state index contributed by atoms with van der Waals surface area (Å²) in [5.41, 5.74) is 4.77. The molecule has 0 spiro atoms. The quantitative estimate of drug-likeness (QED) is 0.478. The van der Waals surface area contributed by atoms with Crippen LogP contribution in [0.2, 0.25) is 0 Å². The predicted molar refractivity (Wildman–Crippen MR) is 109 cm³/mol. The lowest BCUT2D eigenvalue weighted by atomic mass is 10.1. The minimum Gasteiger partial charge on any atom is -0.316 e. The van der Waals surface area contributed by atoms with Gasteiger partial charge in [0.1, 0.15) is 0 Å². The maximum absolute atomic E-state index is 11.9. The molecule has 8 heteroatoms. The first kappa shape index (κ1) is 18.2. The first-order chi connectivity index (χ1) is 13.1. The molecule has 0 amide bonds. The van der Waals surface area contributed by atoms with E-state index in [9.17, 15) is 4.79 Å². The van der Waals surface area contributed by atoms with E-state index in [1.165, 1.54) is 16.2 Å². The fraction of sp³-hybridized carbons (Fsp3) is 0.263.